The van der Waals surface area contributed by atoms with Crippen molar-refractivity contribution >= 4 is 18.0 Å². The highest BCUT2D eigenvalue weighted by Gasteiger charge is 2.18. The van der Waals surface area contributed by atoms with Gasteiger partial charge in [-0.2, -0.15) is 0 Å². The third kappa shape index (κ3) is 12.4. The minimum atomic E-state index is -0.521. The van der Waals surface area contributed by atoms with Gasteiger partial charge in [0.25, 0.3) is 0 Å². The number of rotatable bonds is 9. The number of carbonyl (C=O) groups excluding carboxylic acids is 2. The lowest BCUT2D eigenvalue weighted by Gasteiger charge is -2.24. The van der Waals surface area contributed by atoms with Crippen molar-refractivity contribution in [2.24, 2.45) is 4.99 Å². The van der Waals surface area contributed by atoms with Crippen molar-refractivity contribution in [2.75, 3.05) is 34.2 Å². The summed E-state index contributed by atoms with van der Waals surface area (Å²) in [4.78, 5) is 29.2. The molecule has 0 aliphatic rings. The van der Waals surface area contributed by atoms with Gasteiger partial charge in [-0.15, -0.1) is 0 Å². The fourth-order valence-corrected chi connectivity index (χ4v) is 2.10. The SMILES string of the molecule is CCCCC(CNC(=O)OC(C)(C)C)NC(=NC)NCCC(=O)N(C)C. The van der Waals surface area contributed by atoms with Crippen molar-refractivity contribution in [1.82, 2.24) is 20.9 Å². The number of aliphatic imine (C=N–C) groups is 1. The first-order chi connectivity index (χ1) is 12.1. The first kappa shape index (κ1) is 24.0. The van der Waals surface area contributed by atoms with Gasteiger partial charge < -0.3 is 25.6 Å². The number of unbranched alkanes of at least 4 members (excludes halogenated alkanes) is 1. The normalized spacial score (nSPS) is 13.0. The molecule has 2 amide bonds. The molecule has 0 rings (SSSR count). The van der Waals surface area contributed by atoms with Crippen LogP contribution in [0.1, 0.15) is 53.4 Å². The van der Waals surface area contributed by atoms with Crippen molar-refractivity contribution in [1.29, 1.82) is 0 Å². The van der Waals surface area contributed by atoms with Crippen LogP contribution >= 0.6 is 0 Å². The first-order valence-corrected chi connectivity index (χ1v) is 9.23. The van der Waals surface area contributed by atoms with Gasteiger partial charge in [-0.3, -0.25) is 9.79 Å². The average Bonchev–Trinajstić information content (AvgIpc) is 2.53. The molecule has 0 aromatic heterocycles. The zero-order chi connectivity index (χ0) is 20.2. The number of carbonyl (C=O) groups is 2. The van der Waals surface area contributed by atoms with E-state index in [1.165, 1.54) is 0 Å². The maximum absolute atomic E-state index is 11.9. The lowest BCUT2D eigenvalue weighted by molar-refractivity contribution is -0.128. The Labute approximate surface area is 158 Å². The summed E-state index contributed by atoms with van der Waals surface area (Å²) in [5.74, 6) is 0.672. The number of amides is 2. The number of nitrogens with zero attached hydrogens (tertiary/aromatic N) is 2. The highest BCUT2D eigenvalue weighted by molar-refractivity contribution is 5.81. The highest BCUT2D eigenvalue weighted by Crippen LogP contribution is 2.07. The third-order valence-corrected chi connectivity index (χ3v) is 3.49. The second kappa shape index (κ2) is 12.4. The fourth-order valence-electron chi connectivity index (χ4n) is 2.10. The van der Waals surface area contributed by atoms with E-state index in [1.54, 1.807) is 26.0 Å². The molecule has 0 aromatic rings. The Bertz CT molecular complexity index is 458. The number of ether oxygens (including phenoxy) is 1. The molecule has 26 heavy (non-hydrogen) atoms. The predicted molar refractivity (Wildman–Crippen MR) is 105 cm³/mol. The summed E-state index contributed by atoms with van der Waals surface area (Å²) in [6.45, 7) is 8.56. The zero-order valence-corrected chi connectivity index (χ0v) is 17.4. The number of nitrogens with one attached hydrogen (secondary N) is 3. The fraction of sp³-hybridized carbons (Fsp3) is 0.833. The van der Waals surface area contributed by atoms with Crippen LogP contribution in [-0.4, -0.2) is 68.7 Å². The summed E-state index contributed by atoms with van der Waals surface area (Å²) in [5.41, 5.74) is -0.521. The molecule has 0 spiro atoms. The minimum Gasteiger partial charge on any atom is -0.444 e. The quantitative estimate of drug-likeness (QED) is 0.424. The monoisotopic (exact) mass is 371 g/mol. The lowest BCUT2D eigenvalue weighted by atomic mass is 10.1. The van der Waals surface area contributed by atoms with E-state index >= 15 is 0 Å². The van der Waals surface area contributed by atoms with Crippen molar-refractivity contribution in [3.8, 4) is 0 Å². The Morgan fingerprint density at radius 3 is 2.35 bits per heavy atom. The van der Waals surface area contributed by atoms with E-state index in [0.717, 1.165) is 19.3 Å². The molecule has 0 heterocycles. The standard InChI is InChI=1S/C18H37N5O3/c1-8-9-10-14(13-21-17(25)26-18(2,3)4)22-16(19-5)20-12-11-15(24)23(6)7/h14H,8-13H2,1-7H3,(H,21,25)(H2,19,20,22). The molecule has 0 bridgehead atoms. The Balaban J connectivity index is 4.51. The number of hydrogen-bond donors (Lipinski definition) is 3. The van der Waals surface area contributed by atoms with Gasteiger partial charge in [0, 0.05) is 46.7 Å². The molecule has 0 aliphatic heterocycles. The van der Waals surface area contributed by atoms with Crippen molar-refractivity contribution in [2.45, 2.75) is 65.0 Å². The molecule has 1 unspecified atom stereocenters. The second-order valence-corrected chi connectivity index (χ2v) is 7.40. The Morgan fingerprint density at radius 1 is 1.19 bits per heavy atom. The third-order valence-electron chi connectivity index (χ3n) is 3.49. The van der Waals surface area contributed by atoms with Crippen molar-refractivity contribution < 1.29 is 14.3 Å². The minimum absolute atomic E-state index is 0.0261. The summed E-state index contributed by atoms with van der Waals surface area (Å²) in [5, 5.41) is 9.24. The van der Waals surface area contributed by atoms with Crippen LogP contribution in [0.25, 0.3) is 0 Å². The topological polar surface area (TPSA) is 95.1 Å². The van der Waals surface area contributed by atoms with Crippen molar-refractivity contribution in [3.63, 3.8) is 0 Å². The number of alkyl carbamates (subject to hydrolysis) is 1. The van der Waals surface area contributed by atoms with Gasteiger partial charge in [-0.25, -0.2) is 4.79 Å². The van der Waals surface area contributed by atoms with Crippen LogP contribution in [0.2, 0.25) is 0 Å². The maximum Gasteiger partial charge on any atom is 0.407 e. The van der Waals surface area contributed by atoms with Gasteiger partial charge in [0.15, 0.2) is 5.96 Å². The highest BCUT2D eigenvalue weighted by atomic mass is 16.6. The van der Waals surface area contributed by atoms with Gasteiger partial charge in [0.2, 0.25) is 5.91 Å². The zero-order valence-electron chi connectivity index (χ0n) is 17.4. The van der Waals surface area contributed by atoms with Crippen LogP contribution < -0.4 is 16.0 Å². The van der Waals surface area contributed by atoms with Crippen LogP contribution in [0.4, 0.5) is 4.79 Å². The summed E-state index contributed by atoms with van der Waals surface area (Å²) >= 11 is 0. The van der Waals surface area contributed by atoms with Gasteiger partial charge in [0.05, 0.1) is 0 Å². The van der Waals surface area contributed by atoms with Gasteiger partial charge in [0.1, 0.15) is 5.60 Å². The second-order valence-electron chi connectivity index (χ2n) is 7.40. The summed E-state index contributed by atoms with van der Waals surface area (Å²) in [6.07, 6.45) is 2.95. The molecule has 152 valence electrons. The molecule has 0 radical (unpaired) electrons. The van der Waals surface area contributed by atoms with Gasteiger partial charge in [-0.05, 0) is 27.2 Å². The van der Waals surface area contributed by atoms with E-state index in [9.17, 15) is 9.59 Å². The molecule has 8 nitrogen and oxygen atoms in total. The number of guanidine groups is 1. The molecule has 1 atom stereocenters. The molecule has 3 N–H and O–H groups in total. The molecule has 0 saturated carbocycles. The average molecular weight is 372 g/mol. The molecular formula is C18H37N5O3. The van der Waals surface area contributed by atoms with E-state index in [2.05, 4.69) is 27.9 Å². The van der Waals surface area contributed by atoms with E-state index in [1.807, 2.05) is 20.8 Å². The van der Waals surface area contributed by atoms with E-state index in [0.29, 0.717) is 25.5 Å². The van der Waals surface area contributed by atoms with Gasteiger partial charge in [-0.1, -0.05) is 19.8 Å². The van der Waals surface area contributed by atoms with Crippen LogP contribution in [0.5, 0.6) is 0 Å². The molecule has 0 aromatic carbocycles. The first-order valence-electron chi connectivity index (χ1n) is 9.23. The molecular weight excluding hydrogens is 334 g/mol. The van der Waals surface area contributed by atoms with Crippen LogP contribution in [0.15, 0.2) is 4.99 Å². The largest absolute Gasteiger partial charge is 0.444 e. The summed E-state index contributed by atoms with van der Waals surface area (Å²) in [6, 6.07) is 0.0261. The summed E-state index contributed by atoms with van der Waals surface area (Å²) in [7, 11) is 5.15. The van der Waals surface area contributed by atoms with E-state index in [4.69, 9.17) is 4.74 Å². The Hall–Kier alpha value is -1.99. The summed E-state index contributed by atoms with van der Waals surface area (Å²) < 4.78 is 5.27. The Morgan fingerprint density at radius 2 is 1.85 bits per heavy atom. The molecule has 0 aliphatic carbocycles. The molecule has 8 heteroatoms. The lowest BCUT2D eigenvalue weighted by Crippen LogP contribution is -2.49. The van der Waals surface area contributed by atoms with Crippen LogP contribution in [-0.2, 0) is 9.53 Å². The smallest absolute Gasteiger partial charge is 0.407 e. The molecule has 0 fully saturated rings. The molecule has 0 saturated heterocycles. The van der Waals surface area contributed by atoms with Crippen molar-refractivity contribution in [3.05, 3.63) is 0 Å². The van der Waals surface area contributed by atoms with E-state index in [-0.39, 0.29) is 11.9 Å². The predicted octanol–water partition coefficient (Wildman–Crippen LogP) is 1.71. The van der Waals surface area contributed by atoms with E-state index < -0.39 is 11.7 Å². The number of hydrogen-bond acceptors (Lipinski definition) is 4. The Kier molecular flexibility index (Phi) is 11.4. The van der Waals surface area contributed by atoms with Crippen LogP contribution in [0, 0.1) is 0 Å². The van der Waals surface area contributed by atoms with Crippen LogP contribution in [0.3, 0.4) is 0 Å². The maximum atomic E-state index is 11.9. The van der Waals surface area contributed by atoms with Gasteiger partial charge >= 0.3 is 6.09 Å².